The summed E-state index contributed by atoms with van der Waals surface area (Å²) in [5, 5.41) is 32.0. The number of aliphatic hydroxyl groups excluding tert-OH is 1. The molecule has 0 aliphatic carbocycles. The minimum Gasteiger partial charge on any atom is -0.504 e. The summed E-state index contributed by atoms with van der Waals surface area (Å²) in [4.78, 5) is 25.0. The highest BCUT2D eigenvalue weighted by Gasteiger charge is 2.30. The molecule has 0 aliphatic rings. The molecule has 0 aliphatic heterocycles. The summed E-state index contributed by atoms with van der Waals surface area (Å²) < 4.78 is 21.4. The van der Waals surface area contributed by atoms with E-state index in [4.69, 9.17) is 18.9 Å². The Morgan fingerprint density at radius 2 is 1.19 bits per heavy atom. The third-order valence-electron chi connectivity index (χ3n) is 9.47. The number of unbranched alkanes of at least 4 members (excludes halogenated alkanes) is 3. The molecule has 270 valence electrons. The van der Waals surface area contributed by atoms with Gasteiger partial charge in [-0.15, -0.1) is 0 Å². The third-order valence-corrected chi connectivity index (χ3v) is 9.47. The van der Waals surface area contributed by atoms with Crippen LogP contribution >= 0.6 is 0 Å². The highest BCUT2D eigenvalue weighted by Crippen LogP contribution is 2.44. The topological polar surface area (TPSA) is 132 Å². The van der Waals surface area contributed by atoms with Crippen molar-refractivity contribution in [1.82, 2.24) is 0 Å². The molecule has 48 heavy (non-hydrogen) atoms. The molecule has 0 bridgehead atoms. The Labute approximate surface area is 288 Å². The molecule has 9 heteroatoms. The van der Waals surface area contributed by atoms with Crippen molar-refractivity contribution in [2.75, 3.05) is 27.4 Å². The molecule has 0 amide bonds. The number of esters is 2. The molecule has 0 spiro atoms. The van der Waals surface area contributed by atoms with Crippen LogP contribution in [-0.2, 0) is 42.7 Å². The number of hydrogen-bond donors (Lipinski definition) is 3. The van der Waals surface area contributed by atoms with Gasteiger partial charge in [-0.25, -0.2) is 0 Å². The smallest absolute Gasteiger partial charge is 0.306 e. The summed E-state index contributed by atoms with van der Waals surface area (Å²) in [5.74, 6) is 0.0152. The first-order valence-corrected chi connectivity index (χ1v) is 17.5. The average molecular weight is 673 g/mol. The SMILES string of the molecule is CCCCCC(C)(C)c1cc(CCC(=O)OCC(O)COC(=O)CCc2cc(OC)c(O)c(C(C)(CC)CCCC)c2)cc(OC)c1O. The van der Waals surface area contributed by atoms with Gasteiger partial charge >= 0.3 is 11.9 Å². The molecule has 0 saturated heterocycles. The van der Waals surface area contributed by atoms with E-state index in [1.165, 1.54) is 14.2 Å². The van der Waals surface area contributed by atoms with E-state index >= 15 is 0 Å². The molecule has 9 nitrogen and oxygen atoms in total. The van der Waals surface area contributed by atoms with Crippen molar-refractivity contribution in [3.63, 3.8) is 0 Å². The van der Waals surface area contributed by atoms with Gasteiger partial charge in [-0.3, -0.25) is 9.59 Å². The first-order valence-electron chi connectivity index (χ1n) is 17.5. The van der Waals surface area contributed by atoms with Crippen molar-refractivity contribution in [3.8, 4) is 23.0 Å². The van der Waals surface area contributed by atoms with Gasteiger partial charge in [0.2, 0.25) is 0 Å². The number of aryl methyl sites for hydroxylation is 2. The van der Waals surface area contributed by atoms with Gasteiger partial charge in [-0.2, -0.15) is 0 Å². The van der Waals surface area contributed by atoms with Gasteiger partial charge in [0, 0.05) is 24.0 Å². The van der Waals surface area contributed by atoms with Crippen LogP contribution in [-0.4, -0.2) is 60.8 Å². The fraction of sp³-hybridized carbons (Fsp3) is 0.641. The molecule has 2 aromatic rings. The zero-order valence-electron chi connectivity index (χ0n) is 30.6. The number of rotatable bonds is 22. The average Bonchev–Trinajstić information content (AvgIpc) is 3.07. The Morgan fingerprint density at radius 3 is 1.65 bits per heavy atom. The number of hydrogen-bond acceptors (Lipinski definition) is 9. The lowest BCUT2D eigenvalue weighted by Crippen LogP contribution is -2.25. The second-order valence-electron chi connectivity index (χ2n) is 13.8. The van der Waals surface area contributed by atoms with Gasteiger partial charge in [0.15, 0.2) is 23.0 Å². The third kappa shape index (κ3) is 11.9. The van der Waals surface area contributed by atoms with E-state index in [1.54, 1.807) is 12.1 Å². The normalized spacial score (nSPS) is 13.4. The lowest BCUT2D eigenvalue weighted by atomic mass is 9.75. The van der Waals surface area contributed by atoms with E-state index in [0.717, 1.165) is 73.6 Å². The Kier molecular flexibility index (Phi) is 16.6. The van der Waals surface area contributed by atoms with Crippen LogP contribution in [0.5, 0.6) is 23.0 Å². The van der Waals surface area contributed by atoms with Crippen molar-refractivity contribution in [2.45, 2.75) is 136 Å². The van der Waals surface area contributed by atoms with Crippen molar-refractivity contribution < 1.29 is 43.9 Å². The summed E-state index contributed by atoms with van der Waals surface area (Å²) in [7, 11) is 3.02. The van der Waals surface area contributed by atoms with Gasteiger partial charge in [0.05, 0.1) is 14.2 Å². The number of benzene rings is 2. The van der Waals surface area contributed by atoms with Crippen molar-refractivity contribution in [2.24, 2.45) is 0 Å². The molecule has 0 aromatic heterocycles. The highest BCUT2D eigenvalue weighted by molar-refractivity contribution is 5.70. The van der Waals surface area contributed by atoms with Crippen molar-refractivity contribution >= 4 is 11.9 Å². The first-order chi connectivity index (χ1) is 22.7. The predicted molar refractivity (Wildman–Crippen MR) is 188 cm³/mol. The van der Waals surface area contributed by atoms with Crippen LogP contribution in [0.15, 0.2) is 24.3 Å². The number of ether oxygens (including phenoxy) is 4. The molecule has 3 N–H and O–H groups in total. The Balaban J connectivity index is 1.89. The lowest BCUT2D eigenvalue weighted by Gasteiger charge is -2.30. The largest absolute Gasteiger partial charge is 0.504 e. The number of aliphatic hydroxyl groups is 1. The van der Waals surface area contributed by atoms with Gasteiger partial charge in [-0.1, -0.05) is 85.8 Å². The summed E-state index contributed by atoms with van der Waals surface area (Å²) in [6.45, 7) is 12.1. The minimum absolute atomic E-state index is 0.0732. The molecule has 2 atom stereocenters. The number of phenols is 2. The Bertz CT molecular complexity index is 1320. The first kappa shape index (κ1) is 40.7. The van der Waals surface area contributed by atoms with Gasteiger partial charge in [0.1, 0.15) is 19.3 Å². The van der Waals surface area contributed by atoms with E-state index in [0.29, 0.717) is 24.3 Å². The van der Waals surface area contributed by atoms with Crippen LogP contribution in [0.25, 0.3) is 0 Å². The van der Waals surface area contributed by atoms with Crippen LogP contribution in [0.1, 0.15) is 128 Å². The fourth-order valence-corrected chi connectivity index (χ4v) is 5.99. The van der Waals surface area contributed by atoms with E-state index in [9.17, 15) is 24.9 Å². The monoisotopic (exact) mass is 672 g/mol. The standard InChI is InChI=1S/C39H60O9/c1-9-12-14-19-38(4,5)30-21-27(23-32(45-7)36(30)43)15-17-34(41)47-25-29(40)26-48-35(42)18-16-28-22-31(37(44)33(24-28)46-8)39(6,11-3)20-13-10-2/h21-24,29,40,43-44H,9-20,25-26H2,1-8H3. The summed E-state index contributed by atoms with van der Waals surface area (Å²) in [5.41, 5.74) is 2.80. The van der Waals surface area contributed by atoms with E-state index in [2.05, 4.69) is 41.5 Å². The van der Waals surface area contributed by atoms with Gasteiger partial charge < -0.3 is 34.3 Å². The van der Waals surface area contributed by atoms with E-state index < -0.39 is 18.0 Å². The predicted octanol–water partition coefficient (Wildman–Crippen LogP) is 7.84. The van der Waals surface area contributed by atoms with Gasteiger partial charge in [-0.05, 0) is 66.2 Å². The Morgan fingerprint density at radius 1 is 0.708 bits per heavy atom. The summed E-state index contributed by atoms with van der Waals surface area (Å²) in [6, 6.07) is 7.34. The molecular weight excluding hydrogens is 612 g/mol. The second-order valence-corrected chi connectivity index (χ2v) is 13.8. The summed E-state index contributed by atoms with van der Waals surface area (Å²) in [6.07, 6.45) is 7.79. The highest BCUT2D eigenvalue weighted by atomic mass is 16.6. The number of aromatic hydroxyl groups is 2. The number of methoxy groups -OCH3 is 2. The maximum absolute atomic E-state index is 12.5. The van der Waals surface area contributed by atoms with E-state index in [1.807, 2.05) is 12.1 Å². The van der Waals surface area contributed by atoms with E-state index in [-0.39, 0.29) is 48.4 Å². The molecular formula is C39H60O9. The van der Waals surface area contributed by atoms with Crippen LogP contribution in [0, 0.1) is 0 Å². The maximum Gasteiger partial charge on any atom is 0.306 e. The number of phenolic OH excluding ortho intramolecular Hbond substituents is 2. The van der Waals surface area contributed by atoms with Crippen LogP contribution in [0.2, 0.25) is 0 Å². The Hall–Kier alpha value is -3.46. The minimum atomic E-state index is -1.16. The quantitative estimate of drug-likeness (QED) is 0.0845. The second kappa shape index (κ2) is 19.5. The molecule has 2 rings (SSSR count). The zero-order valence-corrected chi connectivity index (χ0v) is 30.6. The summed E-state index contributed by atoms with van der Waals surface area (Å²) >= 11 is 0. The van der Waals surface area contributed by atoms with Crippen molar-refractivity contribution in [3.05, 3.63) is 46.5 Å². The van der Waals surface area contributed by atoms with Crippen LogP contribution in [0.4, 0.5) is 0 Å². The lowest BCUT2D eigenvalue weighted by molar-refractivity contribution is -0.152. The molecule has 0 fully saturated rings. The molecule has 0 saturated carbocycles. The maximum atomic E-state index is 12.5. The molecule has 0 heterocycles. The molecule has 2 aromatic carbocycles. The molecule has 2 unspecified atom stereocenters. The van der Waals surface area contributed by atoms with Crippen LogP contribution < -0.4 is 9.47 Å². The molecule has 0 radical (unpaired) electrons. The number of carbonyl (C=O) groups excluding carboxylic acids is 2. The van der Waals surface area contributed by atoms with Gasteiger partial charge in [0.25, 0.3) is 0 Å². The zero-order chi connectivity index (χ0) is 35.9. The van der Waals surface area contributed by atoms with Crippen LogP contribution in [0.3, 0.4) is 0 Å². The fourth-order valence-electron chi connectivity index (χ4n) is 5.99. The van der Waals surface area contributed by atoms with Crippen molar-refractivity contribution in [1.29, 1.82) is 0 Å². The number of carbonyl (C=O) groups is 2.